The van der Waals surface area contributed by atoms with Crippen molar-refractivity contribution in [3.05, 3.63) is 72.3 Å². The van der Waals surface area contributed by atoms with E-state index >= 15 is 0 Å². The Balaban J connectivity index is 1.79. The minimum absolute atomic E-state index is 0.0682. The second kappa shape index (κ2) is 5.71. The highest BCUT2D eigenvalue weighted by atomic mass is 16.5. The topological polar surface area (TPSA) is 50.4 Å². The summed E-state index contributed by atoms with van der Waals surface area (Å²) in [6.45, 7) is 4.09. The number of anilines is 1. The Morgan fingerprint density at radius 1 is 1.10 bits per heavy atom. The number of rotatable bonds is 4. The molecule has 3 rings (SSSR count). The van der Waals surface area contributed by atoms with Gasteiger partial charge in [-0.05, 0) is 29.8 Å². The fourth-order valence-electron chi connectivity index (χ4n) is 2.29. The van der Waals surface area contributed by atoms with E-state index in [9.17, 15) is 4.79 Å². The third-order valence-corrected chi connectivity index (χ3v) is 3.33. The molecule has 0 aromatic heterocycles. The predicted molar refractivity (Wildman–Crippen MR) is 82.4 cm³/mol. The van der Waals surface area contributed by atoms with Gasteiger partial charge in [-0.3, -0.25) is 4.79 Å². The van der Waals surface area contributed by atoms with Crippen LogP contribution < -0.4 is 15.4 Å². The van der Waals surface area contributed by atoms with Crippen LogP contribution in [0.2, 0.25) is 0 Å². The zero-order valence-electron chi connectivity index (χ0n) is 11.5. The summed E-state index contributed by atoms with van der Waals surface area (Å²) < 4.78 is 5.45. The number of nitrogens with one attached hydrogen (secondary N) is 2. The quantitative estimate of drug-likeness (QED) is 0.846. The summed E-state index contributed by atoms with van der Waals surface area (Å²) in [7, 11) is 0. The molecule has 0 fully saturated rings. The molecule has 0 bridgehead atoms. The molecule has 0 saturated carbocycles. The molecule has 1 atom stereocenters. The van der Waals surface area contributed by atoms with Gasteiger partial charge in [-0.2, -0.15) is 0 Å². The average molecular weight is 280 g/mol. The number of carbonyl (C=O) groups excluding carboxylic acids is 1. The molecule has 2 aromatic carbocycles. The molecule has 2 aromatic rings. The average Bonchev–Trinajstić information content (AvgIpc) is 2.53. The Kier molecular flexibility index (Phi) is 3.60. The maximum Gasteiger partial charge on any atom is 0.255 e. The molecule has 0 spiro atoms. The lowest BCUT2D eigenvalue weighted by molar-refractivity contribution is 0.0935. The molecular weight excluding hydrogens is 264 g/mol. The van der Waals surface area contributed by atoms with Crippen molar-refractivity contribution in [3.63, 3.8) is 0 Å². The van der Waals surface area contributed by atoms with Crippen molar-refractivity contribution in [2.24, 2.45) is 0 Å². The second-order valence-corrected chi connectivity index (χ2v) is 4.77. The minimum atomic E-state index is -0.235. The van der Waals surface area contributed by atoms with Crippen molar-refractivity contribution in [2.75, 3.05) is 11.9 Å². The number of fused-ring (bicyclic) bond motifs is 1. The first-order valence-corrected chi connectivity index (χ1v) is 6.78. The van der Waals surface area contributed by atoms with E-state index < -0.39 is 0 Å². The number of hydrogen-bond donors (Lipinski definition) is 2. The fourth-order valence-corrected chi connectivity index (χ4v) is 2.29. The molecule has 1 aliphatic heterocycles. The Labute approximate surface area is 123 Å². The number of hydrogen-bond acceptors (Lipinski definition) is 3. The molecule has 1 unspecified atom stereocenters. The van der Waals surface area contributed by atoms with Crippen molar-refractivity contribution < 1.29 is 9.53 Å². The van der Waals surface area contributed by atoms with Gasteiger partial charge in [-0.15, -0.1) is 0 Å². The van der Waals surface area contributed by atoms with Gasteiger partial charge in [-0.1, -0.05) is 36.9 Å². The molecule has 21 heavy (non-hydrogen) atoms. The van der Waals surface area contributed by atoms with Gasteiger partial charge in [0.1, 0.15) is 18.5 Å². The van der Waals surface area contributed by atoms with E-state index in [1.165, 1.54) is 0 Å². The van der Waals surface area contributed by atoms with Crippen molar-refractivity contribution in [2.45, 2.75) is 6.17 Å². The summed E-state index contributed by atoms with van der Waals surface area (Å²) in [5.41, 5.74) is 2.49. The third kappa shape index (κ3) is 2.74. The van der Waals surface area contributed by atoms with Crippen LogP contribution in [0.25, 0.3) is 0 Å². The lowest BCUT2D eigenvalue weighted by atomic mass is 10.1. The van der Waals surface area contributed by atoms with Crippen LogP contribution in [-0.2, 0) is 0 Å². The zero-order valence-corrected chi connectivity index (χ0v) is 11.5. The fraction of sp³-hybridized carbons (Fsp3) is 0.118. The van der Waals surface area contributed by atoms with Gasteiger partial charge in [0.25, 0.3) is 5.91 Å². The molecule has 1 amide bonds. The first kappa shape index (κ1) is 13.2. The summed E-state index contributed by atoms with van der Waals surface area (Å²) in [5.74, 6) is 0.711. The first-order valence-electron chi connectivity index (χ1n) is 6.78. The van der Waals surface area contributed by atoms with Gasteiger partial charge >= 0.3 is 0 Å². The molecule has 1 aliphatic rings. The summed E-state index contributed by atoms with van der Waals surface area (Å²) in [6.07, 6.45) is 1.47. The molecule has 4 nitrogen and oxygen atoms in total. The molecule has 0 saturated heterocycles. The van der Waals surface area contributed by atoms with Gasteiger partial charge in [0.2, 0.25) is 0 Å². The standard InChI is InChI=1S/C17H16N2O2/c1-2-11-21-13-9-7-12(8-10-13)16-18-15-6-4-3-5-14(15)17(20)19-16/h2-10,16,18H,1,11H2,(H,19,20). The monoisotopic (exact) mass is 280 g/mol. The summed E-state index contributed by atoms with van der Waals surface area (Å²) in [5, 5.41) is 6.26. The number of carbonyl (C=O) groups is 1. The highest BCUT2D eigenvalue weighted by molar-refractivity contribution is 6.01. The van der Waals surface area contributed by atoms with E-state index in [1.807, 2.05) is 42.5 Å². The van der Waals surface area contributed by atoms with E-state index in [0.29, 0.717) is 12.2 Å². The number of amides is 1. The number of para-hydroxylation sites is 1. The first-order chi connectivity index (χ1) is 10.3. The highest BCUT2D eigenvalue weighted by Crippen LogP contribution is 2.27. The maximum absolute atomic E-state index is 12.1. The van der Waals surface area contributed by atoms with E-state index in [-0.39, 0.29) is 12.1 Å². The maximum atomic E-state index is 12.1. The molecule has 0 aliphatic carbocycles. The van der Waals surface area contributed by atoms with Gasteiger partial charge in [0.05, 0.1) is 5.56 Å². The molecule has 1 heterocycles. The normalized spacial score (nSPS) is 16.4. The van der Waals surface area contributed by atoms with E-state index in [1.54, 1.807) is 12.1 Å². The number of ether oxygens (including phenoxy) is 1. The van der Waals surface area contributed by atoms with Crippen molar-refractivity contribution in [1.82, 2.24) is 5.32 Å². The SMILES string of the molecule is C=CCOc1ccc(C2NC(=O)c3ccccc3N2)cc1. The second-order valence-electron chi connectivity index (χ2n) is 4.77. The van der Waals surface area contributed by atoms with Crippen LogP contribution in [0.15, 0.2) is 61.2 Å². The van der Waals surface area contributed by atoms with Crippen LogP contribution in [0.4, 0.5) is 5.69 Å². The lowest BCUT2D eigenvalue weighted by Gasteiger charge is -2.28. The molecule has 4 heteroatoms. The predicted octanol–water partition coefficient (Wildman–Crippen LogP) is 3.11. The van der Waals surface area contributed by atoms with Gasteiger partial charge in [-0.25, -0.2) is 0 Å². The Bertz CT molecular complexity index is 665. The van der Waals surface area contributed by atoms with Gasteiger partial charge in [0.15, 0.2) is 0 Å². The van der Waals surface area contributed by atoms with Crippen molar-refractivity contribution in [3.8, 4) is 5.75 Å². The van der Waals surface area contributed by atoms with Crippen LogP contribution in [-0.4, -0.2) is 12.5 Å². The van der Waals surface area contributed by atoms with E-state index in [2.05, 4.69) is 17.2 Å². The summed E-state index contributed by atoms with van der Waals surface area (Å²) in [6, 6.07) is 15.1. The highest BCUT2D eigenvalue weighted by Gasteiger charge is 2.23. The van der Waals surface area contributed by atoms with E-state index in [0.717, 1.165) is 17.0 Å². The van der Waals surface area contributed by atoms with Gasteiger partial charge < -0.3 is 15.4 Å². The van der Waals surface area contributed by atoms with Gasteiger partial charge in [0, 0.05) is 5.69 Å². The smallest absolute Gasteiger partial charge is 0.255 e. The van der Waals surface area contributed by atoms with Crippen LogP contribution in [0.5, 0.6) is 5.75 Å². The van der Waals surface area contributed by atoms with Crippen molar-refractivity contribution in [1.29, 1.82) is 0 Å². The van der Waals surface area contributed by atoms with Crippen LogP contribution >= 0.6 is 0 Å². The zero-order chi connectivity index (χ0) is 14.7. The largest absolute Gasteiger partial charge is 0.490 e. The molecular formula is C17H16N2O2. The molecule has 2 N–H and O–H groups in total. The Morgan fingerprint density at radius 3 is 2.62 bits per heavy atom. The third-order valence-electron chi connectivity index (χ3n) is 3.33. The lowest BCUT2D eigenvalue weighted by Crippen LogP contribution is -2.38. The van der Waals surface area contributed by atoms with E-state index in [4.69, 9.17) is 4.74 Å². The Morgan fingerprint density at radius 2 is 1.86 bits per heavy atom. The summed E-state index contributed by atoms with van der Waals surface area (Å²) >= 11 is 0. The van der Waals surface area contributed by atoms with Crippen LogP contribution in [0.1, 0.15) is 22.1 Å². The number of benzene rings is 2. The summed E-state index contributed by atoms with van der Waals surface area (Å²) in [4.78, 5) is 12.1. The van der Waals surface area contributed by atoms with Crippen LogP contribution in [0, 0.1) is 0 Å². The molecule has 106 valence electrons. The Hall–Kier alpha value is -2.75. The molecule has 0 radical (unpaired) electrons. The minimum Gasteiger partial charge on any atom is -0.490 e. The van der Waals surface area contributed by atoms with Crippen LogP contribution in [0.3, 0.4) is 0 Å². The van der Waals surface area contributed by atoms with Crippen molar-refractivity contribution >= 4 is 11.6 Å².